The molecule has 6 nitrogen and oxygen atoms in total. The average Bonchev–Trinajstić information content (AvgIpc) is 3.25. The Kier molecular flexibility index (Phi) is 3.81. The number of H-pyrrole nitrogens is 1. The maximum atomic E-state index is 12.4. The smallest absolute Gasteiger partial charge is 0.277 e. The largest absolute Gasteiger partial charge is 0.296 e. The van der Waals surface area contributed by atoms with Gasteiger partial charge in [0.1, 0.15) is 0 Å². The van der Waals surface area contributed by atoms with Gasteiger partial charge < -0.3 is 0 Å². The zero-order valence-electron chi connectivity index (χ0n) is 13.8. The summed E-state index contributed by atoms with van der Waals surface area (Å²) in [6, 6.07) is 5.62. The van der Waals surface area contributed by atoms with Gasteiger partial charge in [0.25, 0.3) is 5.91 Å². The number of amides is 1. The van der Waals surface area contributed by atoms with Crippen LogP contribution in [0.3, 0.4) is 0 Å². The summed E-state index contributed by atoms with van der Waals surface area (Å²) in [6.45, 7) is 4.11. The van der Waals surface area contributed by atoms with Gasteiger partial charge in [0.15, 0.2) is 16.6 Å². The van der Waals surface area contributed by atoms with Crippen LogP contribution in [0.1, 0.15) is 46.1 Å². The Bertz CT molecular complexity index is 953. The van der Waals surface area contributed by atoms with Crippen molar-refractivity contribution in [2.24, 2.45) is 5.41 Å². The molecule has 0 bridgehead atoms. The number of fused-ring (bicyclic) bond motifs is 1. The molecule has 0 aromatic carbocycles. The molecule has 3 aromatic rings. The molecule has 1 aliphatic carbocycles. The van der Waals surface area contributed by atoms with Crippen molar-refractivity contribution in [1.29, 1.82) is 0 Å². The number of nitrogens with zero attached hydrogens (tertiary/aromatic N) is 2. The number of nitrogens with one attached hydrogen (secondary N) is 2. The topological polar surface area (TPSA) is 87.7 Å². The molecule has 0 fully saturated rings. The molecule has 1 aliphatic rings. The van der Waals surface area contributed by atoms with Gasteiger partial charge in [0, 0.05) is 6.42 Å². The second-order valence-corrected chi connectivity index (χ2v) is 8.78. The van der Waals surface area contributed by atoms with Crippen LogP contribution in [-0.2, 0) is 6.42 Å². The van der Waals surface area contributed by atoms with E-state index in [0.29, 0.717) is 22.1 Å². The van der Waals surface area contributed by atoms with Crippen LogP contribution in [0.4, 0.5) is 5.13 Å². The van der Waals surface area contributed by atoms with Crippen LogP contribution in [0.2, 0.25) is 0 Å². The lowest BCUT2D eigenvalue weighted by Gasteiger charge is -2.26. The van der Waals surface area contributed by atoms with Crippen LogP contribution in [0.5, 0.6) is 0 Å². The summed E-state index contributed by atoms with van der Waals surface area (Å²) in [6.07, 6.45) is 1.25. The van der Waals surface area contributed by atoms with Crippen molar-refractivity contribution in [3.63, 3.8) is 0 Å². The van der Waals surface area contributed by atoms with E-state index in [4.69, 9.17) is 0 Å². The summed E-state index contributed by atoms with van der Waals surface area (Å²) in [7, 11) is 0. The molecule has 0 atom stereocenters. The summed E-state index contributed by atoms with van der Waals surface area (Å²) >= 11 is 2.82. The first kappa shape index (κ1) is 16.2. The highest BCUT2D eigenvalue weighted by atomic mass is 32.1. The van der Waals surface area contributed by atoms with Crippen LogP contribution in [0, 0.1) is 5.41 Å². The fraction of sp³-hybridized carbons (Fsp3) is 0.294. The van der Waals surface area contributed by atoms with Crippen LogP contribution >= 0.6 is 22.7 Å². The first-order valence-corrected chi connectivity index (χ1v) is 9.54. The summed E-state index contributed by atoms with van der Waals surface area (Å²) in [5, 5.41) is 12.1. The van der Waals surface area contributed by atoms with Crippen molar-refractivity contribution >= 4 is 39.5 Å². The zero-order valence-corrected chi connectivity index (χ0v) is 15.4. The van der Waals surface area contributed by atoms with Crippen molar-refractivity contribution in [2.45, 2.75) is 26.7 Å². The number of aromatic nitrogens is 3. The molecule has 0 saturated heterocycles. The summed E-state index contributed by atoms with van der Waals surface area (Å²) in [5.74, 6) is -0.235. The Morgan fingerprint density at radius 2 is 2.20 bits per heavy atom. The normalized spacial score (nSPS) is 15.8. The fourth-order valence-electron chi connectivity index (χ4n) is 2.93. The van der Waals surface area contributed by atoms with Crippen molar-refractivity contribution in [1.82, 2.24) is 15.2 Å². The number of carbonyl (C=O) groups excluding carboxylic acids is 2. The molecule has 0 spiro atoms. The first-order chi connectivity index (χ1) is 11.9. The number of hydrogen-bond acceptors (Lipinski definition) is 6. The third-order valence-corrected chi connectivity index (χ3v) is 6.01. The Morgan fingerprint density at radius 3 is 2.96 bits per heavy atom. The van der Waals surface area contributed by atoms with Crippen molar-refractivity contribution in [3.05, 3.63) is 39.8 Å². The van der Waals surface area contributed by atoms with Gasteiger partial charge in [0.05, 0.1) is 21.1 Å². The van der Waals surface area contributed by atoms with Crippen molar-refractivity contribution in [3.8, 4) is 10.6 Å². The number of anilines is 1. The van der Waals surface area contributed by atoms with E-state index in [1.54, 1.807) is 17.4 Å². The molecule has 128 valence electrons. The second-order valence-electron chi connectivity index (χ2n) is 6.83. The van der Waals surface area contributed by atoms with Gasteiger partial charge in [-0.3, -0.25) is 20.0 Å². The highest BCUT2D eigenvalue weighted by Gasteiger charge is 2.34. The molecule has 0 unspecified atom stereocenters. The van der Waals surface area contributed by atoms with Gasteiger partial charge in [0.2, 0.25) is 0 Å². The van der Waals surface area contributed by atoms with E-state index in [9.17, 15) is 9.59 Å². The van der Waals surface area contributed by atoms with Gasteiger partial charge in [-0.2, -0.15) is 5.10 Å². The van der Waals surface area contributed by atoms with E-state index in [1.807, 2.05) is 17.5 Å². The second kappa shape index (κ2) is 5.89. The number of rotatable bonds is 3. The Morgan fingerprint density at radius 1 is 1.36 bits per heavy atom. The summed E-state index contributed by atoms with van der Waals surface area (Å²) in [5.41, 5.74) is 1.79. The van der Waals surface area contributed by atoms with E-state index in [2.05, 4.69) is 34.3 Å². The monoisotopic (exact) mass is 372 g/mol. The number of carbonyl (C=O) groups is 2. The molecule has 0 saturated carbocycles. The highest BCUT2D eigenvalue weighted by molar-refractivity contribution is 7.17. The van der Waals surface area contributed by atoms with Gasteiger partial charge in [-0.15, -0.1) is 11.3 Å². The lowest BCUT2D eigenvalue weighted by Crippen LogP contribution is -2.26. The molecule has 8 heteroatoms. The molecule has 1 amide bonds. The van der Waals surface area contributed by atoms with Crippen LogP contribution < -0.4 is 5.32 Å². The average molecular weight is 372 g/mol. The summed E-state index contributed by atoms with van der Waals surface area (Å²) in [4.78, 5) is 30.8. The van der Waals surface area contributed by atoms with Crippen LogP contribution in [0.25, 0.3) is 10.6 Å². The number of thiazole rings is 1. The van der Waals surface area contributed by atoms with Crippen molar-refractivity contribution in [2.75, 3.05) is 5.32 Å². The SMILES string of the molecule is CC1(C)CC(=O)c2sc(NC(=O)c3cc(-c4cccs4)[nH]n3)nc2C1. The highest BCUT2D eigenvalue weighted by Crippen LogP contribution is 2.38. The van der Waals surface area contributed by atoms with E-state index < -0.39 is 0 Å². The minimum atomic E-state index is -0.336. The standard InChI is InChI=1S/C17H16N4O2S2/c1-17(2)7-11-14(12(22)8-17)25-16(18-11)19-15(23)10-6-9(20-21-10)13-4-3-5-24-13/h3-6H,7-8H2,1-2H3,(H,20,21)(H,18,19,23). The third-order valence-electron chi connectivity index (χ3n) is 4.05. The van der Waals surface area contributed by atoms with E-state index in [-0.39, 0.29) is 17.1 Å². The van der Waals surface area contributed by atoms with E-state index in [1.165, 1.54) is 11.3 Å². The Labute approximate surface area is 152 Å². The predicted molar refractivity (Wildman–Crippen MR) is 98.4 cm³/mol. The number of Topliss-reactive ketones (excluding diaryl/α,β-unsaturated/α-hetero) is 1. The maximum Gasteiger partial charge on any atom is 0.277 e. The van der Waals surface area contributed by atoms with E-state index in [0.717, 1.165) is 22.7 Å². The Balaban J connectivity index is 1.53. The lowest BCUT2D eigenvalue weighted by molar-refractivity contribution is 0.0915. The van der Waals surface area contributed by atoms with Gasteiger partial charge in [-0.1, -0.05) is 31.3 Å². The molecule has 4 rings (SSSR count). The molecular formula is C17H16N4O2S2. The van der Waals surface area contributed by atoms with Crippen LogP contribution in [0.15, 0.2) is 23.6 Å². The quantitative estimate of drug-likeness (QED) is 0.727. The number of ketones is 1. The number of thiophene rings is 1. The molecule has 3 aromatic heterocycles. The molecule has 0 radical (unpaired) electrons. The maximum absolute atomic E-state index is 12.4. The molecule has 25 heavy (non-hydrogen) atoms. The number of hydrogen-bond donors (Lipinski definition) is 2. The lowest BCUT2D eigenvalue weighted by atomic mass is 9.78. The fourth-order valence-corrected chi connectivity index (χ4v) is 4.54. The summed E-state index contributed by atoms with van der Waals surface area (Å²) < 4.78 is 0. The Hall–Kier alpha value is -2.32. The minimum Gasteiger partial charge on any atom is -0.296 e. The van der Waals surface area contributed by atoms with Crippen LogP contribution in [-0.4, -0.2) is 26.9 Å². The van der Waals surface area contributed by atoms with Crippen molar-refractivity contribution < 1.29 is 9.59 Å². The zero-order chi connectivity index (χ0) is 17.6. The van der Waals surface area contributed by atoms with Gasteiger partial charge in [-0.05, 0) is 29.3 Å². The molecular weight excluding hydrogens is 356 g/mol. The van der Waals surface area contributed by atoms with E-state index >= 15 is 0 Å². The minimum absolute atomic E-state index is 0.0861. The molecule has 3 heterocycles. The number of aromatic amines is 1. The predicted octanol–water partition coefficient (Wildman–Crippen LogP) is 4.00. The molecule has 2 N–H and O–H groups in total. The van der Waals surface area contributed by atoms with Gasteiger partial charge in [-0.25, -0.2) is 4.98 Å². The third kappa shape index (κ3) is 3.14. The van der Waals surface area contributed by atoms with Gasteiger partial charge >= 0.3 is 0 Å². The molecule has 0 aliphatic heterocycles. The first-order valence-electron chi connectivity index (χ1n) is 7.85.